The number of benzene rings is 1. The molecular weight excluding hydrogens is 457 g/mol. The van der Waals surface area contributed by atoms with Gasteiger partial charge in [-0.25, -0.2) is 12.8 Å². The summed E-state index contributed by atoms with van der Waals surface area (Å²) in [6.07, 6.45) is 2.76. The van der Waals surface area contributed by atoms with Gasteiger partial charge in [-0.1, -0.05) is 12.1 Å². The number of rotatable bonds is 5. The summed E-state index contributed by atoms with van der Waals surface area (Å²) in [5.41, 5.74) is 6.84. The number of carbonyl (C=O) groups is 1. The largest absolute Gasteiger partial charge is 0.386 e. The summed E-state index contributed by atoms with van der Waals surface area (Å²) in [6.45, 7) is 6.02. The Hall–Kier alpha value is -2.65. The van der Waals surface area contributed by atoms with Crippen molar-refractivity contribution in [3.63, 3.8) is 0 Å². The molecule has 1 aromatic heterocycles. The zero-order chi connectivity index (χ0) is 24.7. The lowest BCUT2D eigenvalue weighted by atomic mass is 9.84. The molecule has 0 aliphatic carbocycles. The molecular formula is C25H30FN3O4S. The fourth-order valence-corrected chi connectivity index (χ4v) is 7.31. The van der Waals surface area contributed by atoms with Crippen LogP contribution >= 0.6 is 0 Å². The highest BCUT2D eigenvalue weighted by Crippen LogP contribution is 2.43. The Morgan fingerprint density at radius 2 is 1.91 bits per heavy atom. The number of aryl methyl sites for hydroxylation is 1. The van der Waals surface area contributed by atoms with Crippen LogP contribution in [0.25, 0.3) is 0 Å². The van der Waals surface area contributed by atoms with Crippen LogP contribution in [0.5, 0.6) is 0 Å². The van der Waals surface area contributed by atoms with Crippen LogP contribution in [0.2, 0.25) is 0 Å². The molecule has 182 valence electrons. The highest BCUT2D eigenvalue weighted by atomic mass is 32.2. The summed E-state index contributed by atoms with van der Waals surface area (Å²) < 4.78 is 46.3. The van der Waals surface area contributed by atoms with E-state index in [4.69, 9.17) is 10.5 Å². The number of aromatic nitrogens is 1. The van der Waals surface area contributed by atoms with Gasteiger partial charge in [0.1, 0.15) is 27.6 Å². The van der Waals surface area contributed by atoms with Gasteiger partial charge in [-0.3, -0.25) is 14.8 Å². The average Bonchev–Trinajstić information content (AvgIpc) is 2.79. The minimum Gasteiger partial charge on any atom is -0.386 e. The van der Waals surface area contributed by atoms with Crippen LogP contribution in [0.3, 0.4) is 0 Å². The molecule has 2 N–H and O–H groups in total. The third-order valence-corrected chi connectivity index (χ3v) is 9.94. The topological polar surface area (TPSA) is 112 Å². The third kappa shape index (κ3) is 4.27. The second-order valence-electron chi connectivity index (χ2n) is 9.66. The summed E-state index contributed by atoms with van der Waals surface area (Å²) in [4.78, 5) is 21.4. The summed E-state index contributed by atoms with van der Waals surface area (Å²) in [5, 5.41) is 0. The van der Waals surface area contributed by atoms with Crippen molar-refractivity contribution in [3.8, 4) is 0 Å². The number of nitrogens with two attached hydrogens (primary N) is 1. The summed E-state index contributed by atoms with van der Waals surface area (Å²) in [7, 11) is -3.78. The standard InChI is InChI=1S/C25H30FN3O4S/c1-16-4-7-21(28-14-16)22(30)13-17-5-6-20(26)19(12-17)24(2)15-34(31,32)25(3,23(27)29-24)18-8-10-33-11-9-18/h4-7,12,14,18H,8-11,13,15H2,1-3H3,(H2,27,29)/t24-,25-/m0/s1. The number of sulfone groups is 1. The molecule has 4 rings (SSSR count). The van der Waals surface area contributed by atoms with Crippen LogP contribution in [0.15, 0.2) is 41.5 Å². The van der Waals surface area contributed by atoms with E-state index in [0.717, 1.165) is 5.56 Å². The number of carbonyl (C=O) groups excluding carboxylic acids is 1. The van der Waals surface area contributed by atoms with E-state index in [9.17, 15) is 13.2 Å². The van der Waals surface area contributed by atoms with Gasteiger partial charge >= 0.3 is 0 Å². The molecule has 0 unspecified atom stereocenters. The van der Waals surface area contributed by atoms with Crippen molar-refractivity contribution in [1.82, 2.24) is 4.98 Å². The summed E-state index contributed by atoms with van der Waals surface area (Å²) in [5.74, 6) is -1.39. The number of aliphatic imine (C=N–C) groups is 1. The van der Waals surface area contributed by atoms with E-state index < -0.39 is 25.9 Å². The van der Waals surface area contributed by atoms with Crippen molar-refractivity contribution in [2.45, 2.75) is 50.3 Å². The zero-order valence-corrected chi connectivity index (χ0v) is 20.5. The maximum Gasteiger partial charge on any atom is 0.185 e. The Balaban J connectivity index is 1.68. The zero-order valence-electron chi connectivity index (χ0n) is 19.7. The van der Waals surface area contributed by atoms with Gasteiger partial charge in [-0.05, 0) is 68.9 Å². The molecule has 1 fully saturated rings. The second kappa shape index (κ2) is 8.85. The number of ether oxygens (including phenoxy) is 1. The molecule has 3 heterocycles. The normalized spacial score (nSPS) is 27.2. The Labute approximate surface area is 199 Å². The first-order valence-corrected chi connectivity index (χ1v) is 13.0. The number of Topliss-reactive ketones (excluding diaryl/α,β-unsaturated/α-hetero) is 1. The maximum atomic E-state index is 15.0. The number of ketones is 1. The quantitative estimate of drug-likeness (QED) is 0.649. The van der Waals surface area contributed by atoms with Crippen molar-refractivity contribution >= 4 is 21.5 Å². The highest BCUT2D eigenvalue weighted by Gasteiger charge is 2.56. The molecule has 34 heavy (non-hydrogen) atoms. The summed E-state index contributed by atoms with van der Waals surface area (Å²) >= 11 is 0. The van der Waals surface area contributed by atoms with Gasteiger partial charge < -0.3 is 10.5 Å². The van der Waals surface area contributed by atoms with E-state index in [-0.39, 0.29) is 35.3 Å². The first-order chi connectivity index (χ1) is 16.0. The minimum absolute atomic E-state index is 0.00196. The molecule has 7 nitrogen and oxygen atoms in total. The van der Waals surface area contributed by atoms with Crippen LogP contribution in [0.4, 0.5) is 4.39 Å². The number of halogens is 1. The molecule has 0 bridgehead atoms. The Morgan fingerprint density at radius 1 is 1.21 bits per heavy atom. The maximum absolute atomic E-state index is 15.0. The predicted octanol–water partition coefficient (Wildman–Crippen LogP) is 3.14. The number of hydrogen-bond donors (Lipinski definition) is 1. The molecule has 0 amide bonds. The molecule has 2 aliphatic rings. The smallest absolute Gasteiger partial charge is 0.185 e. The Bertz CT molecular complexity index is 1240. The van der Waals surface area contributed by atoms with Gasteiger partial charge in [0, 0.05) is 31.4 Å². The van der Waals surface area contributed by atoms with E-state index in [2.05, 4.69) is 9.98 Å². The van der Waals surface area contributed by atoms with Gasteiger partial charge in [0.15, 0.2) is 15.6 Å². The van der Waals surface area contributed by atoms with E-state index in [1.807, 2.05) is 6.92 Å². The van der Waals surface area contributed by atoms with Crippen molar-refractivity contribution in [2.24, 2.45) is 16.6 Å². The van der Waals surface area contributed by atoms with E-state index >= 15 is 4.39 Å². The Kier molecular flexibility index (Phi) is 6.37. The van der Waals surface area contributed by atoms with Gasteiger partial charge in [0.25, 0.3) is 0 Å². The summed E-state index contributed by atoms with van der Waals surface area (Å²) in [6, 6.07) is 7.74. The second-order valence-corrected chi connectivity index (χ2v) is 12.0. The number of pyridine rings is 1. The van der Waals surface area contributed by atoms with E-state index in [1.54, 1.807) is 32.2 Å². The van der Waals surface area contributed by atoms with Crippen molar-refractivity contribution in [2.75, 3.05) is 19.0 Å². The molecule has 0 saturated carbocycles. The van der Waals surface area contributed by atoms with Crippen LogP contribution in [-0.4, -0.2) is 48.7 Å². The van der Waals surface area contributed by atoms with Gasteiger partial charge in [0.2, 0.25) is 0 Å². The predicted molar refractivity (Wildman–Crippen MR) is 128 cm³/mol. The first kappa shape index (κ1) is 24.5. The molecule has 2 aliphatic heterocycles. The highest BCUT2D eigenvalue weighted by molar-refractivity contribution is 7.93. The number of nitrogens with zero attached hydrogens (tertiary/aromatic N) is 2. The SMILES string of the molecule is Cc1ccc(C(=O)Cc2ccc(F)c([C@]3(C)CS(=O)(=O)[C@@](C)(C4CCOCC4)C(N)=N3)c2)nc1. The van der Waals surface area contributed by atoms with E-state index in [0.29, 0.717) is 37.3 Å². The van der Waals surface area contributed by atoms with Gasteiger partial charge in [-0.2, -0.15) is 0 Å². The van der Waals surface area contributed by atoms with Crippen LogP contribution in [0, 0.1) is 18.7 Å². The lowest BCUT2D eigenvalue weighted by molar-refractivity contribution is 0.0609. The first-order valence-electron chi connectivity index (χ1n) is 11.4. The fourth-order valence-electron chi connectivity index (χ4n) is 4.94. The molecule has 2 atom stereocenters. The molecule has 0 spiro atoms. The third-order valence-electron chi connectivity index (χ3n) is 7.17. The lowest BCUT2D eigenvalue weighted by Gasteiger charge is -2.44. The van der Waals surface area contributed by atoms with Crippen LogP contribution in [-0.2, 0) is 26.5 Å². The molecule has 9 heteroatoms. The average molecular weight is 488 g/mol. The van der Waals surface area contributed by atoms with Gasteiger partial charge in [-0.15, -0.1) is 0 Å². The molecule has 1 aromatic carbocycles. The van der Waals surface area contributed by atoms with Crippen LogP contribution < -0.4 is 5.73 Å². The van der Waals surface area contributed by atoms with Crippen molar-refractivity contribution in [3.05, 3.63) is 64.7 Å². The van der Waals surface area contributed by atoms with Gasteiger partial charge in [0.05, 0.1) is 5.75 Å². The molecule has 1 saturated heterocycles. The fraction of sp³-hybridized carbons (Fsp3) is 0.480. The van der Waals surface area contributed by atoms with Crippen LogP contribution in [0.1, 0.15) is 53.9 Å². The van der Waals surface area contributed by atoms with Crippen molar-refractivity contribution < 1.29 is 22.3 Å². The minimum atomic E-state index is -3.78. The number of hydrogen-bond acceptors (Lipinski definition) is 7. The molecule has 2 aromatic rings. The molecule has 0 radical (unpaired) electrons. The van der Waals surface area contributed by atoms with E-state index in [1.165, 1.54) is 18.2 Å². The monoisotopic (exact) mass is 487 g/mol. The Morgan fingerprint density at radius 3 is 2.53 bits per heavy atom. The number of amidine groups is 1. The van der Waals surface area contributed by atoms with Crippen molar-refractivity contribution in [1.29, 1.82) is 0 Å². The lowest BCUT2D eigenvalue weighted by Crippen LogP contribution is -2.61.